The highest BCUT2D eigenvalue weighted by Crippen LogP contribution is 2.44. The van der Waals surface area contributed by atoms with Crippen LogP contribution in [0.25, 0.3) is 10.9 Å². The Kier molecular flexibility index (Phi) is 7.66. The molecule has 10 heteroatoms. The zero-order chi connectivity index (χ0) is 28.7. The van der Waals surface area contributed by atoms with Gasteiger partial charge in [-0.25, -0.2) is 21.6 Å². The number of sulfonamides is 1. The van der Waals surface area contributed by atoms with Crippen LogP contribution >= 0.6 is 0 Å². The Hall–Kier alpha value is -3.02. The number of aromatic nitrogens is 1. The van der Waals surface area contributed by atoms with Crippen LogP contribution in [0.5, 0.6) is 0 Å². The molecule has 40 heavy (non-hydrogen) atoms. The highest BCUT2D eigenvalue weighted by molar-refractivity contribution is 7.93. The number of nitrogens with one attached hydrogen (secondary N) is 1. The Morgan fingerprint density at radius 1 is 0.875 bits per heavy atom. The lowest BCUT2D eigenvalue weighted by atomic mass is 9.93. The number of aliphatic hydroxyl groups excluding tert-OH is 2. The minimum Gasteiger partial charge on any atom is -0.390 e. The predicted octanol–water partition coefficient (Wildman–Crippen LogP) is 3.49. The van der Waals surface area contributed by atoms with Crippen LogP contribution in [-0.4, -0.2) is 54.6 Å². The van der Waals surface area contributed by atoms with Crippen molar-refractivity contribution in [3.63, 3.8) is 0 Å². The Morgan fingerprint density at radius 3 is 2.12 bits per heavy atom. The molecule has 1 aliphatic rings. The fourth-order valence-electron chi connectivity index (χ4n) is 5.93. The summed E-state index contributed by atoms with van der Waals surface area (Å²) in [7, 11) is -6.20. The van der Waals surface area contributed by atoms with Crippen molar-refractivity contribution in [3.05, 3.63) is 96.2 Å². The molecular formula is C30H34N2O6S2. The second kappa shape index (κ2) is 10.8. The van der Waals surface area contributed by atoms with Crippen molar-refractivity contribution < 1.29 is 27.0 Å². The third kappa shape index (κ3) is 5.34. The molecule has 0 saturated heterocycles. The molecule has 0 aliphatic heterocycles. The number of aliphatic hydroxyl groups is 2. The summed E-state index contributed by atoms with van der Waals surface area (Å²) < 4.78 is 58.6. The maximum Gasteiger partial charge on any atom is 0.240 e. The van der Waals surface area contributed by atoms with Crippen LogP contribution in [-0.2, 0) is 33.3 Å². The van der Waals surface area contributed by atoms with Gasteiger partial charge in [-0.05, 0) is 68.5 Å². The van der Waals surface area contributed by atoms with Gasteiger partial charge >= 0.3 is 0 Å². The maximum absolute atomic E-state index is 14.1. The molecule has 1 aromatic heterocycles. The SMILES string of the molecule is Cc1ccc(S(=O)(=O)N[C@@H](Cc2cn(C)c3ccccc23)CC2(S(=O)(=O)c3ccccc3)C[C@@H](O)[C@@H](O)C2)cc1. The van der Waals surface area contributed by atoms with E-state index in [0.717, 1.165) is 22.0 Å². The van der Waals surface area contributed by atoms with Gasteiger partial charge in [-0.15, -0.1) is 0 Å². The van der Waals surface area contributed by atoms with E-state index in [4.69, 9.17) is 0 Å². The summed E-state index contributed by atoms with van der Waals surface area (Å²) in [4.78, 5) is 0.147. The standard InChI is InChI=1S/C30H34N2O6S2/c1-21-12-14-25(15-13-21)40(37,38)31-23(16-22-20-32(2)27-11-7-6-10-26(22)27)17-30(18-28(33)29(34)19-30)39(35,36)24-8-4-3-5-9-24/h3-15,20,23,28-29,31,33-34H,16-19H2,1-2H3/t23-,28-,29+,30?/m0/s1. The van der Waals surface area contributed by atoms with E-state index in [-0.39, 0.29) is 35.5 Å². The number of fused-ring (bicyclic) bond motifs is 1. The van der Waals surface area contributed by atoms with E-state index in [1.54, 1.807) is 30.3 Å². The van der Waals surface area contributed by atoms with Crippen LogP contribution in [0.4, 0.5) is 0 Å². The fraction of sp³-hybridized carbons (Fsp3) is 0.333. The van der Waals surface area contributed by atoms with Crippen molar-refractivity contribution in [2.45, 2.75) is 65.4 Å². The largest absolute Gasteiger partial charge is 0.390 e. The molecule has 1 saturated carbocycles. The van der Waals surface area contributed by atoms with E-state index in [1.807, 2.05) is 49.0 Å². The topological polar surface area (TPSA) is 126 Å². The number of hydrogen-bond donors (Lipinski definition) is 3. The number of benzene rings is 3. The van der Waals surface area contributed by atoms with Gasteiger partial charge < -0.3 is 14.8 Å². The van der Waals surface area contributed by atoms with Crippen LogP contribution in [0.2, 0.25) is 0 Å². The van der Waals surface area contributed by atoms with Crippen LogP contribution < -0.4 is 4.72 Å². The smallest absolute Gasteiger partial charge is 0.240 e. The van der Waals surface area contributed by atoms with Gasteiger partial charge in [-0.2, -0.15) is 0 Å². The van der Waals surface area contributed by atoms with Crippen molar-refractivity contribution in [3.8, 4) is 0 Å². The molecule has 0 radical (unpaired) electrons. The first-order valence-corrected chi connectivity index (χ1v) is 16.2. The van der Waals surface area contributed by atoms with Gasteiger partial charge in [0.1, 0.15) is 0 Å². The minimum absolute atomic E-state index is 0.0709. The summed E-state index contributed by atoms with van der Waals surface area (Å²) in [5.41, 5.74) is 2.74. The zero-order valence-corrected chi connectivity index (χ0v) is 24.1. The highest BCUT2D eigenvalue weighted by atomic mass is 32.2. The van der Waals surface area contributed by atoms with Gasteiger partial charge in [0.2, 0.25) is 10.0 Å². The molecular weight excluding hydrogens is 548 g/mol. The molecule has 212 valence electrons. The van der Waals surface area contributed by atoms with E-state index in [0.29, 0.717) is 0 Å². The van der Waals surface area contributed by atoms with E-state index in [9.17, 15) is 27.0 Å². The molecule has 1 fully saturated rings. The van der Waals surface area contributed by atoms with E-state index >= 15 is 0 Å². The summed E-state index contributed by atoms with van der Waals surface area (Å²) in [6.07, 6.45) is -0.893. The summed E-state index contributed by atoms with van der Waals surface area (Å²) in [5, 5.41) is 22.1. The highest BCUT2D eigenvalue weighted by Gasteiger charge is 2.54. The monoisotopic (exact) mass is 582 g/mol. The van der Waals surface area contributed by atoms with Crippen molar-refractivity contribution in [1.29, 1.82) is 0 Å². The first-order valence-electron chi connectivity index (χ1n) is 13.2. The number of sulfone groups is 1. The lowest BCUT2D eigenvalue weighted by Crippen LogP contribution is -2.46. The molecule has 1 unspecified atom stereocenters. The van der Waals surface area contributed by atoms with Gasteiger partial charge in [0.15, 0.2) is 9.84 Å². The Labute approximate surface area is 235 Å². The number of aryl methyl sites for hydroxylation is 2. The van der Waals surface area contributed by atoms with Gasteiger partial charge in [-0.3, -0.25) is 0 Å². The second-order valence-corrected chi connectivity index (χ2v) is 14.9. The maximum atomic E-state index is 14.1. The normalized spacial score (nSPS) is 22.5. The lowest BCUT2D eigenvalue weighted by molar-refractivity contribution is 0.0438. The van der Waals surface area contributed by atoms with Crippen LogP contribution in [0, 0.1) is 6.92 Å². The summed E-state index contributed by atoms with van der Waals surface area (Å²) in [5.74, 6) is 0. The molecule has 0 bridgehead atoms. The number of para-hydroxylation sites is 1. The van der Waals surface area contributed by atoms with E-state index in [1.165, 1.54) is 24.3 Å². The molecule has 3 aromatic carbocycles. The predicted molar refractivity (Wildman–Crippen MR) is 154 cm³/mol. The average Bonchev–Trinajstić information content (AvgIpc) is 3.40. The van der Waals surface area contributed by atoms with E-state index in [2.05, 4.69) is 4.72 Å². The van der Waals surface area contributed by atoms with Crippen LogP contribution in [0.15, 0.2) is 94.9 Å². The number of hydrogen-bond acceptors (Lipinski definition) is 6. The van der Waals surface area contributed by atoms with Crippen LogP contribution in [0.1, 0.15) is 30.4 Å². The van der Waals surface area contributed by atoms with Gasteiger partial charge in [-0.1, -0.05) is 54.1 Å². The fourth-order valence-corrected chi connectivity index (χ4v) is 9.38. The first kappa shape index (κ1) is 28.5. The molecule has 8 nitrogen and oxygen atoms in total. The quantitative estimate of drug-likeness (QED) is 0.277. The second-order valence-electron chi connectivity index (χ2n) is 10.9. The molecule has 0 amide bonds. The Bertz CT molecular complexity index is 1710. The molecule has 1 heterocycles. The molecule has 4 atom stereocenters. The summed E-state index contributed by atoms with van der Waals surface area (Å²) in [6.45, 7) is 1.86. The molecule has 4 aromatic rings. The molecule has 5 rings (SSSR count). The van der Waals surface area contributed by atoms with Gasteiger partial charge in [0.05, 0.1) is 26.7 Å². The van der Waals surface area contributed by atoms with Gasteiger partial charge in [0.25, 0.3) is 0 Å². The zero-order valence-electron chi connectivity index (χ0n) is 22.4. The minimum atomic E-state index is -4.08. The molecule has 0 spiro atoms. The van der Waals surface area contributed by atoms with Crippen molar-refractivity contribution in [1.82, 2.24) is 9.29 Å². The van der Waals surface area contributed by atoms with Crippen LogP contribution in [0.3, 0.4) is 0 Å². The third-order valence-electron chi connectivity index (χ3n) is 7.95. The molecule has 3 N–H and O–H groups in total. The number of nitrogens with zero attached hydrogens (tertiary/aromatic N) is 1. The number of rotatable bonds is 9. The first-order chi connectivity index (χ1) is 18.9. The summed E-state index contributed by atoms with van der Waals surface area (Å²) >= 11 is 0. The Balaban J connectivity index is 1.59. The molecule has 1 aliphatic carbocycles. The van der Waals surface area contributed by atoms with Crippen molar-refractivity contribution in [2.75, 3.05) is 0 Å². The van der Waals surface area contributed by atoms with Crippen molar-refractivity contribution >= 4 is 30.8 Å². The van der Waals surface area contributed by atoms with Gasteiger partial charge in [0, 0.05) is 30.2 Å². The third-order valence-corrected chi connectivity index (χ3v) is 12.0. The lowest BCUT2D eigenvalue weighted by Gasteiger charge is -2.33. The Morgan fingerprint density at radius 2 is 1.48 bits per heavy atom. The average molecular weight is 583 g/mol. The summed E-state index contributed by atoms with van der Waals surface area (Å²) in [6, 6.07) is 21.3. The van der Waals surface area contributed by atoms with E-state index < -0.39 is 42.9 Å². The van der Waals surface area contributed by atoms with Crippen molar-refractivity contribution in [2.24, 2.45) is 7.05 Å².